The van der Waals surface area contributed by atoms with E-state index in [4.69, 9.17) is 13.9 Å². The number of nitrogens with zero attached hydrogens (tertiary/aromatic N) is 3. The van der Waals surface area contributed by atoms with Gasteiger partial charge in [-0.05, 0) is 35.9 Å². The van der Waals surface area contributed by atoms with Crippen LogP contribution in [0.5, 0.6) is 11.5 Å². The van der Waals surface area contributed by atoms with Crippen LogP contribution >= 0.6 is 11.3 Å². The number of ether oxygens (including phenoxy) is 2. The molecule has 1 fully saturated rings. The van der Waals surface area contributed by atoms with E-state index < -0.39 is 0 Å². The second-order valence-corrected chi connectivity index (χ2v) is 8.09. The normalized spacial score (nSPS) is 16.5. The van der Waals surface area contributed by atoms with Gasteiger partial charge in [-0.2, -0.15) is 0 Å². The van der Waals surface area contributed by atoms with E-state index in [-0.39, 0.29) is 12.7 Å². The lowest BCUT2D eigenvalue weighted by Crippen LogP contribution is -2.47. The van der Waals surface area contributed by atoms with Crippen LogP contribution in [-0.2, 0) is 11.3 Å². The van der Waals surface area contributed by atoms with E-state index in [9.17, 15) is 4.79 Å². The van der Waals surface area contributed by atoms with Crippen LogP contribution in [0.25, 0.3) is 17.5 Å². The lowest BCUT2D eigenvalue weighted by atomic mass is 10.2. The van der Waals surface area contributed by atoms with Gasteiger partial charge in [0.1, 0.15) is 10.7 Å². The monoisotopic (exact) mass is 423 g/mol. The Morgan fingerprint density at radius 3 is 2.83 bits per heavy atom. The van der Waals surface area contributed by atoms with E-state index in [1.54, 1.807) is 23.7 Å². The zero-order chi connectivity index (χ0) is 20.3. The van der Waals surface area contributed by atoms with Gasteiger partial charge in [0, 0.05) is 37.6 Å². The minimum absolute atomic E-state index is 0.0293. The van der Waals surface area contributed by atoms with Crippen molar-refractivity contribution in [3.8, 4) is 23.0 Å². The molecule has 8 heteroatoms. The molecular weight excluding hydrogens is 402 g/mol. The van der Waals surface area contributed by atoms with Gasteiger partial charge in [0.15, 0.2) is 17.3 Å². The molecule has 0 atom stereocenters. The SMILES string of the molecule is O=C(C=Cc1ccc2c(c1)OCO2)N1CCN(Cc2nc(-c3ccco3)cs2)CC1. The molecule has 2 aromatic heterocycles. The van der Waals surface area contributed by atoms with Crippen molar-refractivity contribution in [3.63, 3.8) is 0 Å². The minimum atomic E-state index is 0.0293. The maximum absolute atomic E-state index is 12.5. The Morgan fingerprint density at radius 2 is 2.00 bits per heavy atom. The maximum atomic E-state index is 12.5. The van der Waals surface area contributed by atoms with E-state index in [0.717, 1.165) is 53.2 Å². The van der Waals surface area contributed by atoms with Gasteiger partial charge in [-0.15, -0.1) is 11.3 Å². The van der Waals surface area contributed by atoms with E-state index in [2.05, 4.69) is 9.88 Å². The van der Waals surface area contributed by atoms with E-state index in [1.807, 2.05) is 46.7 Å². The molecule has 0 N–H and O–H groups in total. The second kappa shape index (κ2) is 8.33. The molecule has 2 aliphatic heterocycles. The molecule has 2 aliphatic rings. The number of fused-ring (bicyclic) bond motifs is 1. The van der Waals surface area contributed by atoms with E-state index in [0.29, 0.717) is 13.1 Å². The number of carbonyl (C=O) groups excluding carboxylic acids is 1. The highest BCUT2D eigenvalue weighted by Gasteiger charge is 2.21. The molecular formula is C22H21N3O4S. The number of amides is 1. The predicted octanol–water partition coefficient (Wildman–Crippen LogP) is 3.49. The van der Waals surface area contributed by atoms with Gasteiger partial charge < -0.3 is 18.8 Å². The Hall–Kier alpha value is -3.10. The number of aromatic nitrogens is 1. The molecule has 30 heavy (non-hydrogen) atoms. The molecule has 0 saturated carbocycles. The number of hydrogen-bond acceptors (Lipinski definition) is 7. The van der Waals surface area contributed by atoms with Crippen molar-refractivity contribution in [2.75, 3.05) is 33.0 Å². The van der Waals surface area contributed by atoms with E-state index >= 15 is 0 Å². The van der Waals surface area contributed by atoms with Crippen LogP contribution in [0.4, 0.5) is 0 Å². The van der Waals surface area contributed by atoms with Crippen molar-refractivity contribution >= 4 is 23.3 Å². The number of rotatable bonds is 5. The Morgan fingerprint density at radius 1 is 1.13 bits per heavy atom. The van der Waals surface area contributed by atoms with Crippen molar-refractivity contribution in [2.45, 2.75) is 6.54 Å². The molecule has 3 aromatic rings. The topological polar surface area (TPSA) is 68.0 Å². The van der Waals surface area contributed by atoms with Gasteiger partial charge in [-0.1, -0.05) is 6.07 Å². The van der Waals surface area contributed by atoms with Crippen molar-refractivity contribution in [1.82, 2.24) is 14.8 Å². The minimum Gasteiger partial charge on any atom is -0.463 e. The fourth-order valence-electron chi connectivity index (χ4n) is 3.53. The summed E-state index contributed by atoms with van der Waals surface area (Å²) in [5.41, 5.74) is 1.80. The third-order valence-electron chi connectivity index (χ3n) is 5.18. The first-order valence-electron chi connectivity index (χ1n) is 9.82. The molecule has 0 bridgehead atoms. The standard InChI is InChI=1S/C22H21N3O4S/c26-22(6-4-16-3-5-19-20(12-16)29-15-28-19)25-9-7-24(8-10-25)13-21-23-17(14-30-21)18-2-1-11-27-18/h1-6,11-12,14H,7-10,13,15H2. The fraction of sp³-hybridized carbons (Fsp3) is 0.273. The molecule has 154 valence electrons. The molecule has 0 spiro atoms. The first-order chi connectivity index (χ1) is 14.7. The van der Waals surface area contributed by atoms with Crippen molar-refractivity contribution in [3.05, 3.63) is 58.6 Å². The third-order valence-corrected chi connectivity index (χ3v) is 6.02. The number of hydrogen-bond donors (Lipinski definition) is 0. The average Bonchev–Trinajstić information content (AvgIpc) is 3.53. The van der Waals surface area contributed by atoms with E-state index in [1.165, 1.54) is 0 Å². The predicted molar refractivity (Wildman–Crippen MR) is 113 cm³/mol. The quantitative estimate of drug-likeness (QED) is 0.585. The van der Waals surface area contributed by atoms with Gasteiger partial charge >= 0.3 is 0 Å². The largest absolute Gasteiger partial charge is 0.463 e. The van der Waals surface area contributed by atoms with Gasteiger partial charge in [0.05, 0.1) is 12.8 Å². The summed E-state index contributed by atoms with van der Waals surface area (Å²) in [5, 5.41) is 3.08. The zero-order valence-electron chi connectivity index (χ0n) is 16.3. The Bertz CT molecular complexity index is 1050. The summed E-state index contributed by atoms with van der Waals surface area (Å²) < 4.78 is 16.1. The molecule has 0 aliphatic carbocycles. The zero-order valence-corrected chi connectivity index (χ0v) is 17.1. The summed E-state index contributed by atoms with van der Waals surface area (Å²) in [6.45, 7) is 4.12. The van der Waals surface area contributed by atoms with Crippen LogP contribution in [0, 0.1) is 0 Å². The maximum Gasteiger partial charge on any atom is 0.246 e. The summed E-state index contributed by atoms with van der Waals surface area (Å²) in [6, 6.07) is 9.45. The summed E-state index contributed by atoms with van der Waals surface area (Å²) in [6.07, 6.45) is 5.11. The van der Waals surface area contributed by atoms with Crippen LogP contribution in [0.2, 0.25) is 0 Å². The van der Waals surface area contributed by atoms with Crippen molar-refractivity contribution in [2.24, 2.45) is 0 Å². The average molecular weight is 423 g/mol. The smallest absolute Gasteiger partial charge is 0.246 e. The summed E-state index contributed by atoms with van der Waals surface area (Å²) in [7, 11) is 0. The molecule has 7 nitrogen and oxygen atoms in total. The Kier molecular flexibility index (Phi) is 5.25. The highest BCUT2D eigenvalue weighted by atomic mass is 32.1. The number of thiazole rings is 1. The first kappa shape index (κ1) is 18.9. The molecule has 5 rings (SSSR count). The van der Waals surface area contributed by atoms with Crippen molar-refractivity contribution < 1.29 is 18.7 Å². The van der Waals surface area contributed by atoms with Gasteiger partial charge in [-0.25, -0.2) is 4.98 Å². The number of carbonyl (C=O) groups is 1. The van der Waals surface area contributed by atoms with Gasteiger partial charge in [-0.3, -0.25) is 9.69 Å². The van der Waals surface area contributed by atoms with Crippen LogP contribution in [0.15, 0.2) is 52.5 Å². The molecule has 4 heterocycles. The molecule has 0 unspecified atom stereocenters. The molecule has 1 aromatic carbocycles. The fourth-order valence-corrected chi connectivity index (χ4v) is 4.35. The number of furan rings is 1. The second-order valence-electron chi connectivity index (χ2n) is 7.15. The molecule has 0 radical (unpaired) electrons. The number of piperazine rings is 1. The third kappa shape index (κ3) is 4.10. The van der Waals surface area contributed by atoms with Crippen LogP contribution in [0.3, 0.4) is 0 Å². The molecule has 1 saturated heterocycles. The highest BCUT2D eigenvalue weighted by molar-refractivity contribution is 7.09. The summed E-state index contributed by atoms with van der Waals surface area (Å²) in [4.78, 5) is 21.4. The lowest BCUT2D eigenvalue weighted by molar-refractivity contribution is -0.127. The lowest BCUT2D eigenvalue weighted by Gasteiger charge is -2.33. The highest BCUT2D eigenvalue weighted by Crippen LogP contribution is 2.32. The summed E-state index contributed by atoms with van der Waals surface area (Å²) >= 11 is 1.64. The van der Waals surface area contributed by atoms with Crippen LogP contribution in [-0.4, -0.2) is 53.7 Å². The first-order valence-corrected chi connectivity index (χ1v) is 10.7. The van der Waals surface area contributed by atoms with Gasteiger partial charge in [0.25, 0.3) is 0 Å². The van der Waals surface area contributed by atoms with Gasteiger partial charge in [0.2, 0.25) is 12.7 Å². The van der Waals surface area contributed by atoms with Crippen molar-refractivity contribution in [1.29, 1.82) is 0 Å². The summed E-state index contributed by atoms with van der Waals surface area (Å²) in [5.74, 6) is 2.28. The molecule has 1 amide bonds. The van der Waals surface area contributed by atoms with Crippen LogP contribution in [0.1, 0.15) is 10.6 Å². The number of benzene rings is 1. The Balaban J connectivity index is 1.13. The Labute approximate surface area is 178 Å². The van der Waals surface area contributed by atoms with Crippen LogP contribution < -0.4 is 9.47 Å².